The van der Waals surface area contributed by atoms with Gasteiger partial charge in [-0.2, -0.15) is 0 Å². The van der Waals surface area contributed by atoms with E-state index in [1.54, 1.807) is 6.07 Å². The maximum absolute atomic E-state index is 5.90. The molecule has 0 unspecified atom stereocenters. The molecule has 0 heterocycles. The van der Waals surface area contributed by atoms with Crippen molar-refractivity contribution in [3.63, 3.8) is 0 Å². The zero-order valence-electron chi connectivity index (χ0n) is 8.99. The van der Waals surface area contributed by atoms with Crippen LogP contribution in [0.4, 0.5) is 0 Å². The highest BCUT2D eigenvalue weighted by molar-refractivity contribution is 9.10. The van der Waals surface area contributed by atoms with E-state index in [-0.39, 0.29) is 0 Å². The molecule has 0 atom stereocenters. The molecule has 17 heavy (non-hydrogen) atoms. The maximum atomic E-state index is 5.90. The Morgan fingerprint density at radius 1 is 1.12 bits per heavy atom. The lowest BCUT2D eigenvalue weighted by molar-refractivity contribution is 0.476. The van der Waals surface area contributed by atoms with Crippen LogP contribution in [0, 0.1) is 0 Å². The summed E-state index contributed by atoms with van der Waals surface area (Å²) in [5, 5.41) is 0.661. The van der Waals surface area contributed by atoms with Crippen LogP contribution in [-0.2, 0) is 6.54 Å². The van der Waals surface area contributed by atoms with Gasteiger partial charge in [-0.3, -0.25) is 0 Å². The Morgan fingerprint density at radius 2 is 1.82 bits per heavy atom. The highest BCUT2D eigenvalue weighted by atomic mass is 79.9. The van der Waals surface area contributed by atoms with Crippen molar-refractivity contribution in [3.05, 3.63) is 57.5 Å². The van der Waals surface area contributed by atoms with E-state index in [4.69, 9.17) is 22.1 Å². The lowest BCUT2D eigenvalue weighted by Gasteiger charge is -2.10. The van der Waals surface area contributed by atoms with E-state index in [2.05, 4.69) is 15.9 Å². The fraction of sp³-hybridized carbons (Fsp3) is 0.0769. The molecule has 0 aromatic heterocycles. The molecule has 0 aliphatic carbocycles. The van der Waals surface area contributed by atoms with Gasteiger partial charge >= 0.3 is 0 Å². The molecule has 2 nitrogen and oxygen atoms in total. The summed E-state index contributed by atoms with van der Waals surface area (Å²) in [5.41, 5.74) is 6.54. The summed E-state index contributed by atoms with van der Waals surface area (Å²) >= 11 is 9.28. The largest absolute Gasteiger partial charge is 0.457 e. The zero-order chi connectivity index (χ0) is 12.3. The van der Waals surface area contributed by atoms with E-state index < -0.39 is 0 Å². The summed E-state index contributed by atoms with van der Waals surface area (Å²) in [7, 11) is 0. The van der Waals surface area contributed by atoms with Gasteiger partial charge in [-0.15, -0.1) is 0 Å². The smallest absolute Gasteiger partial charge is 0.132 e. The van der Waals surface area contributed by atoms with Gasteiger partial charge in [-0.05, 0) is 42.5 Å². The Kier molecular flexibility index (Phi) is 4.05. The molecule has 88 valence electrons. The highest BCUT2D eigenvalue weighted by Crippen LogP contribution is 2.28. The first-order valence-corrected chi connectivity index (χ1v) is 6.28. The molecule has 0 spiro atoms. The molecular formula is C13H11BrClNO. The van der Waals surface area contributed by atoms with Gasteiger partial charge < -0.3 is 10.5 Å². The summed E-state index contributed by atoms with van der Waals surface area (Å²) in [6.07, 6.45) is 0. The van der Waals surface area contributed by atoms with Crippen LogP contribution in [-0.4, -0.2) is 0 Å². The van der Waals surface area contributed by atoms with Crippen LogP contribution in [0.5, 0.6) is 11.5 Å². The van der Waals surface area contributed by atoms with Crippen LogP contribution >= 0.6 is 27.5 Å². The van der Waals surface area contributed by atoms with Gasteiger partial charge in [0.2, 0.25) is 0 Å². The number of halogens is 2. The second-order valence-electron chi connectivity index (χ2n) is 3.51. The van der Waals surface area contributed by atoms with Crippen molar-refractivity contribution < 1.29 is 4.74 Å². The van der Waals surface area contributed by atoms with E-state index in [0.717, 1.165) is 21.5 Å². The first-order chi connectivity index (χ1) is 8.19. The van der Waals surface area contributed by atoms with Gasteiger partial charge in [-0.1, -0.05) is 27.5 Å². The van der Waals surface area contributed by atoms with Crippen LogP contribution in [0.1, 0.15) is 5.56 Å². The fourth-order valence-electron chi connectivity index (χ4n) is 1.44. The molecule has 0 saturated heterocycles. The number of rotatable bonds is 3. The molecular weight excluding hydrogens is 302 g/mol. The standard InChI is InChI=1S/C13H11BrClNO/c14-10-1-4-12(5-2-10)17-13-6-3-11(15)7-9(13)8-16/h1-7H,8,16H2. The van der Waals surface area contributed by atoms with Crippen LogP contribution < -0.4 is 10.5 Å². The first kappa shape index (κ1) is 12.4. The Balaban J connectivity index is 2.26. The minimum atomic E-state index is 0.395. The Labute approximate surface area is 113 Å². The number of nitrogens with two attached hydrogens (primary N) is 1. The predicted molar refractivity (Wildman–Crippen MR) is 73.6 cm³/mol. The lowest BCUT2D eigenvalue weighted by Crippen LogP contribution is -1.99. The van der Waals surface area contributed by atoms with E-state index >= 15 is 0 Å². The average Bonchev–Trinajstić information content (AvgIpc) is 2.34. The maximum Gasteiger partial charge on any atom is 0.132 e. The molecule has 0 saturated carbocycles. The highest BCUT2D eigenvalue weighted by Gasteiger charge is 2.04. The SMILES string of the molecule is NCc1cc(Cl)ccc1Oc1ccc(Br)cc1. The van der Waals surface area contributed by atoms with Gasteiger partial charge in [0.05, 0.1) is 0 Å². The Morgan fingerprint density at radius 3 is 2.47 bits per heavy atom. The van der Waals surface area contributed by atoms with Gasteiger partial charge in [0.25, 0.3) is 0 Å². The number of hydrogen-bond donors (Lipinski definition) is 1. The van der Waals surface area contributed by atoms with Crippen molar-refractivity contribution in [3.8, 4) is 11.5 Å². The molecule has 0 bridgehead atoms. The van der Waals surface area contributed by atoms with Gasteiger partial charge in [0, 0.05) is 21.6 Å². The second-order valence-corrected chi connectivity index (χ2v) is 4.86. The third-order valence-corrected chi connectivity index (χ3v) is 3.05. The molecule has 2 aromatic rings. The van der Waals surface area contributed by atoms with E-state index in [1.165, 1.54) is 0 Å². The van der Waals surface area contributed by atoms with E-state index in [9.17, 15) is 0 Å². The topological polar surface area (TPSA) is 35.2 Å². The fourth-order valence-corrected chi connectivity index (χ4v) is 1.90. The average molecular weight is 313 g/mol. The molecule has 0 amide bonds. The van der Waals surface area contributed by atoms with E-state index in [0.29, 0.717) is 11.6 Å². The van der Waals surface area contributed by atoms with Crippen LogP contribution in [0.3, 0.4) is 0 Å². The third kappa shape index (κ3) is 3.22. The Hall–Kier alpha value is -1.03. The summed E-state index contributed by atoms with van der Waals surface area (Å²) in [4.78, 5) is 0. The summed E-state index contributed by atoms with van der Waals surface area (Å²) in [6, 6.07) is 13.1. The van der Waals surface area contributed by atoms with Crippen LogP contribution in [0.15, 0.2) is 46.9 Å². The minimum Gasteiger partial charge on any atom is -0.457 e. The monoisotopic (exact) mass is 311 g/mol. The molecule has 0 aliphatic rings. The molecule has 2 rings (SSSR count). The third-order valence-electron chi connectivity index (χ3n) is 2.28. The van der Waals surface area contributed by atoms with Gasteiger partial charge in [0.1, 0.15) is 11.5 Å². The Bertz CT molecular complexity index is 513. The van der Waals surface area contributed by atoms with Crippen molar-refractivity contribution in [2.45, 2.75) is 6.54 Å². The van der Waals surface area contributed by atoms with Crippen molar-refractivity contribution in [1.29, 1.82) is 0 Å². The molecule has 0 fully saturated rings. The first-order valence-electron chi connectivity index (χ1n) is 5.11. The number of hydrogen-bond acceptors (Lipinski definition) is 2. The number of ether oxygens (including phenoxy) is 1. The van der Waals surface area contributed by atoms with Crippen LogP contribution in [0.25, 0.3) is 0 Å². The van der Waals surface area contributed by atoms with Crippen molar-refractivity contribution in [2.24, 2.45) is 5.73 Å². The number of benzene rings is 2. The zero-order valence-corrected chi connectivity index (χ0v) is 11.3. The molecule has 4 heteroatoms. The van der Waals surface area contributed by atoms with Crippen molar-refractivity contribution in [2.75, 3.05) is 0 Å². The molecule has 2 N–H and O–H groups in total. The van der Waals surface area contributed by atoms with Crippen LogP contribution in [0.2, 0.25) is 5.02 Å². The molecule has 0 aliphatic heterocycles. The second kappa shape index (κ2) is 5.54. The van der Waals surface area contributed by atoms with Crippen molar-refractivity contribution in [1.82, 2.24) is 0 Å². The van der Waals surface area contributed by atoms with Gasteiger partial charge in [-0.25, -0.2) is 0 Å². The normalized spacial score (nSPS) is 10.3. The molecule has 2 aromatic carbocycles. The minimum absolute atomic E-state index is 0.395. The summed E-state index contributed by atoms with van der Waals surface area (Å²) in [6.45, 7) is 0.395. The lowest BCUT2D eigenvalue weighted by atomic mass is 10.2. The quantitative estimate of drug-likeness (QED) is 0.914. The van der Waals surface area contributed by atoms with Crippen molar-refractivity contribution >= 4 is 27.5 Å². The predicted octanol–water partition coefficient (Wildman–Crippen LogP) is 4.35. The van der Waals surface area contributed by atoms with E-state index in [1.807, 2.05) is 36.4 Å². The van der Waals surface area contributed by atoms with Gasteiger partial charge in [0.15, 0.2) is 0 Å². The molecule has 0 radical (unpaired) electrons. The summed E-state index contributed by atoms with van der Waals surface area (Å²) < 4.78 is 6.76. The summed E-state index contributed by atoms with van der Waals surface area (Å²) in [5.74, 6) is 1.50.